The number of fused-ring (bicyclic) bond motifs is 3. The average Bonchev–Trinajstić information content (AvgIpc) is 3.40. The number of hydrogen-bond donors (Lipinski definition) is 1. The highest BCUT2D eigenvalue weighted by atomic mass is 32.1. The Labute approximate surface area is 268 Å². The van der Waals surface area contributed by atoms with E-state index in [4.69, 9.17) is 19.2 Å². The molecule has 1 unspecified atom stereocenters. The first kappa shape index (κ1) is 29.3. The van der Waals surface area contributed by atoms with Crippen LogP contribution in [0, 0.1) is 0 Å². The minimum absolute atomic E-state index is 0.104. The molecule has 230 valence electrons. The van der Waals surface area contributed by atoms with Crippen LogP contribution >= 0.6 is 11.3 Å². The quantitative estimate of drug-likeness (QED) is 0.239. The van der Waals surface area contributed by atoms with E-state index in [2.05, 4.69) is 18.2 Å². The van der Waals surface area contributed by atoms with Gasteiger partial charge >= 0.3 is 5.97 Å². The van der Waals surface area contributed by atoms with Crippen LogP contribution < -0.4 is 29.1 Å². The number of hydrogen-bond acceptors (Lipinski definition) is 7. The van der Waals surface area contributed by atoms with Gasteiger partial charge in [0.05, 0.1) is 36.1 Å². The lowest BCUT2D eigenvalue weighted by Gasteiger charge is -2.30. The summed E-state index contributed by atoms with van der Waals surface area (Å²) in [6.45, 7) is 0.175. The van der Waals surface area contributed by atoms with Gasteiger partial charge in [-0.15, -0.1) is 0 Å². The Kier molecular flexibility index (Phi) is 7.76. The van der Waals surface area contributed by atoms with Crippen molar-refractivity contribution in [1.82, 2.24) is 4.57 Å². The number of methoxy groups -OCH3 is 2. The first-order chi connectivity index (χ1) is 22.4. The van der Waals surface area contributed by atoms with E-state index in [1.54, 1.807) is 38.5 Å². The summed E-state index contributed by atoms with van der Waals surface area (Å²) in [4.78, 5) is 31.2. The van der Waals surface area contributed by atoms with Crippen LogP contribution in [0.15, 0.2) is 106 Å². The summed E-state index contributed by atoms with van der Waals surface area (Å²) in [6, 6.07) is 28.1. The van der Waals surface area contributed by atoms with Gasteiger partial charge in [-0.05, 0) is 83.1 Å². The van der Waals surface area contributed by atoms with Gasteiger partial charge in [-0.25, -0.2) is 9.79 Å². The largest absolute Gasteiger partial charge is 0.497 e. The van der Waals surface area contributed by atoms with Crippen molar-refractivity contribution in [2.45, 2.75) is 25.5 Å². The molecule has 46 heavy (non-hydrogen) atoms. The van der Waals surface area contributed by atoms with E-state index in [0.29, 0.717) is 20.8 Å². The minimum Gasteiger partial charge on any atom is -0.497 e. The van der Waals surface area contributed by atoms with Crippen molar-refractivity contribution in [2.24, 2.45) is 4.99 Å². The molecule has 1 aliphatic carbocycles. The van der Waals surface area contributed by atoms with E-state index in [-0.39, 0.29) is 23.8 Å². The zero-order valence-electron chi connectivity index (χ0n) is 25.2. The average molecular weight is 631 g/mol. The van der Waals surface area contributed by atoms with Crippen LogP contribution in [0.1, 0.15) is 50.6 Å². The zero-order chi connectivity index (χ0) is 31.8. The molecule has 0 fully saturated rings. The van der Waals surface area contributed by atoms with Crippen molar-refractivity contribution in [3.8, 4) is 17.2 Å². The van der Waals surface area contributed by atoms with Gasteiger partial charge in [-0.2, -0.15) is 0 Å². The van der Waals surface area contributed by atoms with Gasteiger partial charge in [0.2, 0.25) is 0 Å². The number of aromatic carboxylic acids is 1. The van der Waals surface area contributed by atoms with E-state index < -0.39 is 5.97 Å². The Hall–Kier alpha value is -5.41. The molecule has 1 atom stereocenters. The highest BCUT2D eigenvalue weighted by Gasteiger charge is 2.32. The molecule has 8 nitrogen and oxygen atoms in total. The maximum absolute atomic E-state index is 14.1. The number of aryl methyl sites for hydroxylation is 1. The highest BCUT2D eigenvalue weighted by molar-refractivity contribution is 7.07. The highest BCUT2D eigenvalue weighted by Crippen LogP contribution is 2.41. The predicted octanol–water partition coefficient (Wildman–Crippen LogP) is 5.61. The molecule has 2 aliphatic rings. The fourth-order valence-corrected chi connectivity index (χ4v) is 7.11. The van der Waals surface area contributed by atoms with Crippen molar-refractivity contribution in [2.75, 3.05) is 14.2 Å². The Morgan fingerprint density at radius 1 is 0.957 bits per heavy atom. The van der Waals surface area contributed by atoms with Crippen molar-refractivity contribution in [3.63, 3.8) is 0 Å². The lowest BCUT2D eigenvalue weighted by molar-refractivity contribution is 0.0696. The molecule has 1 aromatic heterocycles. The molecular weight excluding hydrogens is 600 g/mol. The number of benzene rings is 4. The maximum Gasteiger partial charge on any atom is 0.335 e. The van der Waals surface area contributed by atoms with Crippen LogP contribution in [-0.4, -0.2) is 29.9 Å². The molecule has 0 spiro atoms. The molecule has 4 aromatic carbocycles. The molecule has 1 N–H and O–H groups in total. The number of rotatable bonds is 8. The van der Waals surface area contributed by atoms with Gasteiger partial charge in [-0.1, -0.05) is 65.9 Å². The third-order valence-corrected chi connectivity index (χ3v) is 9.34. The molecule has 0 radical (unpaired) electrons. The van der Waals surface area contributed by atoms with Gasteiger partial charge in [0.1, 0.15) is 12.4 Å². The lowest BCUT2D eigenvalue weighted by Crippen LogP contribution is -2.38. The third kappa shape index (κ3) is 5.39. The van der Waals surface area contributed by atoms with Crippen LogP contribution in [0.3, 0.4) is 0 Å². The van der Waals surface area contributed by atoms with Gasteiger partial charge in [0.25, 0.3) is 5.56 Å². The summed E-state index contributed by atoms with van der Waals surface area (Å²) < 4.78 is 19.4. The van der Waals surface area contributed by atoms with Crippen LogP contribution in [-0.2, 0) is 13.0 Å². The standard InChI is InChI=1S/C37H30N2O6S/c1-43-27-14-11-25(12-15-27)34-29-16-13-24-7-3-4-9-28(24)33(29)38-37-39(34)35(40)32(46-37)20-22-10-17-30(31(19-22)44-2)45-21-23-6-5-8-26(18-23)36(41)42/h3-12,14-15,17-20,34H,13,16,21H2,1-2H3,(H,41,42)/b32-20+. The second-order valence-electron chi connectivity index (χ2n) is 11.1. The molecular formula is C37H30N2O6S. The first-order valence-electron chi connectivity index (χ1n) is 14.8. The van der Waals surface area contributed by atoms with Crippen LogP contribution in [0.4, 0.5) is 0 Å². The number of ether oxygens (including phenoxy) is 3. The summed E-state index contributed by atoms with van der Waals surface area (Å²) in [6.07, 6.45) is 3.56. The maximum atomic E-state index is 14.1. The molecule has 9 heteroatoms. The molecule has 0 saturated heterocycles. The van der Waals surface area contributed by atoms with E-state index in [1.807, 2.05) is 59.2 Å². The number of carboxylic acid groups (broad SMARTS) is 1. The monoisotopic (exact) mass is 630 g/mol. The number of allylic oxidation sites excluding steroid dienone is 1. The van der Waals surface area contributed by atoms with Crippen molar-refractivity contribution < 1.29 is 24.1 Å². The van der Waals surface area contributed by atoms with Crippen LogP contribution in [0.5, 0.6) is 17.2 Å². The second kappa shape index (κ2) is 12.2. The Morgan fingerprint density at radius 2 is 1.78 bits per heavy atom. The van der Waals surface area contributed by atoms with E-state index in [1.165, 1.54) is 16.9 Å². The molecule has 2 heterocycles. The summed E-state index contributed by atoms with van der Waals surface area (Å²) in [7, 11) is 3.20. The van der Waals surface area contributed by atoms with Gasteiger partial charge < -0.3 is 19.3 Å². The van der Waals surface area contributed by atoms with E-state index in [9.17, 15) is 14.7 Å². The number of aromatic nitrogens is 1. The third-order valence-electron chi connectivity index (χ3n) is 8.36. The topological polar surface area (TPSA) is 99.4 Å². The molecule has 0 bridgehead atoms. The smallest absolute Gasteiger partial charge is 0.335 e. The fraction of sp³-hybridized carbons (Fsp3) is 0.162. The molecule has 5 aromatic rings. The first-order valence-corrected chi connectivity index (χ1v) is 15.7. The molecule has 0 amide bonds. The number of nitrogens with zero attached hydrogens (tertiary/aromatic N) is 2. The van der Waals surface area contributed by atoms with Crippen molar-refractivity contribution in [3.05, 3.63) is 150 Å². The summed E-state index contributed by atoms with van der Waals surface area (Å²) in [5.74, 6) is 0.774. The minimum atomic E-state index is -0.991. The Bertz CT molecular complexity index is 2200. The zero-order valence-corrected chi connectivity index (χ0v) is 26.0. The summed E-state index contributed by atoms with van der Waals surface area (Å²) >= 11 is 1.37. The van der Waals surface area contributed by atoms with Crippen LogP contribution in [0.25, 0.3) is 11.8 Å². The number of carboxylic acids is 1. The molecule has 0 saturated carbocycles. The lowest BCUT2D eigenvalue weighted by atomic mass is 9.83. The Balaban J connectivity index is 1.27. The number of thiazole rings is 1. The summed E-state index contributed by atoms with van der Waals surface area (Å²) in [5.41, 5.74) is 7.08. The molecule has 1 aliphatic heterocycles. The predicted molar refractivity (Wildman–Crippen MR) is 176 cm³/mol. The van der Waals surface area contributed by atoms with Crippen LogP contribution in [0.2, 0.25) is 0 Å². The summed E-state index contributed by atoms with van der Waals surface area (Å²) in [5, 5.41) is 9.29. The number of carbonyl (C=O) groups is 1. The van der Waals surface area contributed by atoms with E-state index in [0.717, 1.165) is 52.1 Å². The van der Waals surface area contributed by atoms with E-state index >= 15 is 0 Å². The van der Waals surface area contributed by atoms with Gasteiger partial charge in [0, 0.05) is 5.56 Å². The van der Waals surface area contributed by atoms with Crippen molar-refractivity contribution in [1.29, 1.82) is 0 Å². The molecule has 7 rings (SSSR count). The van der Waals surface area contributed by atoms with Gasteiger partial charge in [0.15, 0.2) is 16.3 Å². The van der Waals surface area contributed by atoms with Gasteiger partial charge in [-0.3, -0.25) is 9.36 Å². The normalized spacial score (nSPS) is 15.3. The van der Waals surface area contributed by atoms with Crippen molar-refractivity contribution >= 4 is 29.1 Å². The Morgan fingerprint density at radius 3 is 2.57 bits per heavy atom. The second-order valence-corrected chi connectivity index (χ2v) is 12.1. The fourth-order valence-electron chi connectivity index (χ4n) is 6.11. The SMILES string of the molecule is COc1ccc(C2C3=C(N=c4s/c(=C/c5ccc(OCc6cccc(C(=O)O)c6)c(OC)c5)c(=O)n42)c2ccccc2CC3)cc1.